The molecule has 0 N–H and O–H groups in total. The lowest BCUT2D eigenvalue weighted by molar-refractivity contribution is 0.0442. The number of hydrogen-bond acceptors (Lipinski definition) is 4. The van der Waals surface area contributed by atoms with Crippen LogP contribution in [0.15, 0.2) is 60.9 Å². The van der Waals surface area contributed by atoms with Crippen molar-refractivity contribution in [3.05, 3.63) is 72.1 Å². The van der Waals surface area contributed by atoms with Crippen molar-refractivity contribution < 1.29 is 9.53 Å². The third-order valence-electron chi connectivity index (χ3n) is 7.92. The molecule has 0 aliphatic carbocycles. The molecule has 0 aliphatic rings. The van der Waals surface area contributed by atoms with Crippen LogP contribution in [0.1, 0.15) is 127 Å². The molecule has 1 aromatic heterocycles. The number of rotatable bonds is 20. The van der Waals surface area contributed by atoms with Crippen LogP contribution in [0.3, 0.4) is 0 Å². The van der Waals surface area contributed by atoms with Gasteiger partial charge in [-0.3, -0.25) is 0 Å². The molecule has 2 aromatic carbocycles. The smallest absolute Gasteiger partial charge is 0.338 e. The molecular formula is C37H52N2O2. The molecule has 0 unspecified atom stereocenters. The van der Waals surface area contributed by atoms with Crippen molar-refractivity contribution in [1.82, 2.24) is 9.97 Å². The Morgan fingerprint density at radius 1 is 0.659 bits per heavy atom. The van der Waals surface area contributed by atoms with E-state index in [1.165, 1.54) is 89.0 Å². The van der Waals surface area contributed by atoms with Gasteiger partial charge in [0.1, 0.15) is 0 Å². The van der Waals surface area contributed by atoms with Crippen molar-refractivity contribution in [3.8, 4) is 22.5 Å². The number of nitrogens with zero attached hydrogens (tertiary/aromatic N) is 2. The minimum Gasteiger partial charge on any atom is -0.462 e. The van der Waals surface area contributed by atoms with Crippen LogP contribution in [-0.2, 0) is 11.2 Å². The summed E-state index contributed by atoms with van der Waals surface area (Å²) in [7, 11) is 0. The second-order valence-electron chi connectivity index (χ2n) is 11.7. The Morgan fingerprint density at radius 2 is 1.15 bits per heavy atom. The number of aryl methyl sites for hydroxylation is 1. The largest absolute Gasteiger partial charge is 0.462 e. The molecule has 1 atom stereocenters. The number of ether oxygens (including phenoxy) is 1. The number of hydrogen-bond donors (Lipinski definition) is 0. The minimum absolute atomic E-state index is 0.241. The average molecular weight is 557 g/mol. The molecule has 0 fully saturated rings. The molecule has 222 valence electrons. The SMILES string of the molecule is CCCCCCCCCc1cnc(-c2ccc(-c3ccc(C(=O)OC[C@H](C)CCCCCCCC)cc3)cc2)nc1. The summed E-state index contributed by atoms with van der Waals surface area (Å²) in [5.74, 6) is 0.908. The normalized spacial score (nSPS) is 11.9. The van der Waals surface area contributed by atoms with Gasteiger partial charge in [-0.05, 0) is 54.0 Å². The highest BCUT2D eigenvalue weighted by atomic mass is 16.5. The van der Waals surface area contributed by atoms with Crippen LogP contribution in [0.5, 0.6) is 0 Å². The van der Waals surface area contributed by atoms with E-state index in [1.54, 1.807) is 0 Å². The Bertz CT molecular complexity index is 1110. The first kappa shape index (κ1) is 32.5. The van der Waals surface area contributed by atoms with Gasteiger partial charge in [-0.1, -0.05) is 134 Å². The van der Waals surface area contributed by atoms with E-state index < -0.39 is 0 Å². The fourth-order valence-corrected chi connectivity index (χ4v) is 5.19. The molecule has 0 saturated heterocycles. The van der Waals surface area contributed by atoms with Crippen LogP contribution in [0.2, 0.25) is 0 Å². The summed E-state index contributed by atoms with van der Waals surface area (Å²) in [6.45, 7) is 7.16. The zero-order chi connectivity index (χ0) is 29.1. The van der Waals surface area contributed by atoms with E-state index >= 15 is 0 Å². The molecule has 3 rings (SSSR count). The van der Waals surface area contributed by atoms with Gasteiger partial charge in [0.25, 0.3) is 0 Å². The van der Waals surface area contributed by atoms with Crippen molar-refractivity contribution >= 4 is 5.97 Å². The van der Waals surface area contributed by atoms with Gasteiger partial charge in [0.15, 0.2) is 5.82 Å². The maximum atomic E-state index is 12.6. The number of esters is 1. The summed E-state index contributed by atoms with van der Waals surface area (Å²) in [6.07, 6.45) is 23.1. The number of carbonyl (C=O) groups excluding carboxylic acids is 1. The van der Waals surface area contributed by atoms with E-state index in [1.807, 2.05) is 36.7 Å². The van der Waals surface area contributed by atoms with Crippen LogP contribution in [-0.4, -0.2) is 22.5 Å². The van der Waals surface area contributed by atoms with E-state index in [2.05, 4.69) is 55.0 Å². The van der Waals surface area contributed by atoms with E-state index in [0.29, 0.717) is 18.1 Å². The van der Waals surface area contributed by atoms with Crippen LogP contribution < -0.4 is 0 Å². The molecule has 3 aromatic rings. The van der Waals surface area contributed by atoms with Gasteiger partial charge in [-0.15, -0.1) is 0 Å². The summed E-state index contributed by atoms with van der Waals surface area (Å²) in [6, 6.07) is 16.0. The summed E-state index contributed by atoms with van der Waals surface area (Å²) in [4.78, 5) is 21.8. The molecule has 41 heavy (non-hydrogen) atoms. The molecular weight excluding hydrogens is 504 g/mol. The lowest BCUT2D eigenvalue weighted by atomic mass is 10.0. The van der Waals surface area contributed by atoms with Gasteiger partial charge in [-0.25, -0.2) is 14.8 Å². The summed E-state index contributed by atoms with van der Waals surface area (Å²) in [5, 5.41) is 0. The Balaban J connectivity index is 1.41. The van der Waals surface area contributed by atoms with Crippen molar-refractivity contribution in [1.29, 1.82) is 0 Å². The predicted octanol–water partition coefficient (Wildman–Crippen LogP) is 10.6. The lowest BCUT2D eigenvalue weighted by Gasteiger charge is -2.12. The van der Waals surface area contributed by atoms with Crippen LogP contribution >= 0.6 is 0 Å². The molecule has 4 heteroatoms. The zero-order valence-electron chi connectivity index (χ0n) is 25.9. The summed E-state index contributed by atoms with van der Waals surface area (Å²) < 4.78 is 5.60. The van der Waals surface area contributed by atoms with Gasteiger partial charge < -0.3 is 4.74 Å². The van der Waals surface area contributed by atoms with Gasteiger partial charge in [0.2, 0.25) is 0 Å². The van der Waals surface area contributed by atoms with Crippen molar-refractivity contribution in [2.24, 2.45) is 5.92 Å². The standard InChI is InChI=1S/C37H52N2O2/c1-4-6-8-10-12-14-16-18-31-27-38-36(39-28-31)34-23-19-32(20-24-34)33-21-25-35(26-22-33)37(40)41-29-30(3)17-15-13-11-9-7-5-2/h19-28,30H,4-18,29H2,1-3H3/t30-/m1/s1. The molecule has 0 saturated carbocycles. The lowest BCUT2D eigenvalue weighted by Crippen LogP contribution is -2.12. The number of aromatic nitrogens is 2. The van der Waals surface area contributed by atoms with Crippen LogP contribution in [0.25, 0.3) is 22.5 Å². The van der Waals surface area contributed by atoms with Gasteiger partial charge in [0.05, 0.1) is 12.2 Å². The first-order chi connectivity index (χ1) is 20.1. The highest BCUT2D eigenvalue weighted by molar-refractivity contribution is 5.90. The topological polar surface area (TPSA) is 52.1 Å². The Morgan fingerprint density at radius 3 is 1.73 bits per heavy atom. The van der Waals surface area contributed by atoms with E-state index in [0.717, 1.165) is 35.4 Å². The van der Waals surface area contributed by atoms with Gasteiger partial charge in [0, 0.05) is 18.0 Å². The van der Waals surface area contributed by atoms with Crippen LogP contribution in [0, 0.1) is 5.92 Å². The molecule has 0 bridgehead atoms. The van der Waals surface area contributed by atoms with E-state index in [-0.39, 0.29) is 5.97 Å². The van der Waals surface area contributed by atoms with Gasteiger partial charge >= 0.3 is 5.97 Å². The molecule has 0 radical (unpaired) electrons. The molecule has 0 spiro atoms. The second kappa shape index (κ2) is 19.2. The maximum absolute atomic E-state index is 12.6. The molecule has 0 amide bonds. The van der Waals surface area contributed by atoms with E-state index in [9.17, 15) is 4.79 Å². The highest BCUT2D eigenvalue weighted by Gasteiger charge is 2.11. The van der Waals surface area contributed by atoms with Crippen molar-refractivity contribution in [2.75, 3.05) is 6.61 Å². The Labute approximate surface area is 249 Å². The Kier molecular flexibility index (Phi) is 15.2. The van der Waals surface area contributed by atoms with Crippen molar-refractivity contribution in [3.63, 3.8) is 0 Å². The van der Waals surface area contributed by atoms with E-state index in [4.69, 9.17) is 4.74 Å². The first-order valence-corrected chi connectivity index (χ1v) is 16.3. The third-order valence-corrected chi connectivity index (χ3v) is 7.92. The van der Waals surface area contributed by atoms with Crippen molar-refractivity contribution in [2.45, 2.75) is 117 Å². The maximum Gasteiger partial charge on any atom is 0.338 e. The first-order valence-electron chi connectivity index (χ1n) is 16.3. The predicted molar refractivity (Wildman–Crippen MR) is 172 cm³/mol. The third kappa shape index (κ3) is 12.2. The Hall–Kier alpha value is -3.01. The quantitative estimate of drug-likeness (QED) is 0.103. The summed E-state index contributed by atoms with van der Waals surface area (Å²) >= 11 is 0. The molecule has 1 heterocycles. The second-order valence-corrected chi connectivity index (χ2v) is 11.7. The fraction of sp³-hybridized carbons (Fsp3) is 0.541. The molecule has 4 nitrogen and oxygen atoms in total. The number of carbonyl (C=O) groups is 1. The average Bonchev–Trinajstić information content (AvgIpc) is 3.01. The summed E-state index contributed by atoms with van der Waals surface area (Å²) in [5.41, 5.74) is 4.98. The highest BCUT2D eigenvalue weighted by Crippen LogP contribution is 2.24. The number of benzene rings is 2. The zero-order valence-corrected chi connectivity index (χ0v) is 25.9. The van der Waals surface area contributed by atoms with Crippen LogP contribution in [0.4, 0.5) is 0 Å². The van der Waals surface area contributed by atoms with Gasteiger partial charge in [-0.2, -0.15) is 0 Å². The monoisotopic (exact) mass is 556 g/mol. The fourth-order valence-electron chi connectivity index (χ4n) is 5.19. The minimum atomic E-state index is -0.241. The number of unbranched alkanes of at least 4 members (excludes halogenated alkanes) is 11. The molecule has 0 aliphatic heterocycles.